The van der Waals surface area contributed by atoms with Crippen LogP contribution in [0.25, 0.3) is 11.4 Å². The first-order valence-corrected chi connectivity index (χ1v) is 6.07. The second-order valence-corrected chi connectivity index (χ2v) is 4.21. The molecule has 0 amide bonds. The number of rotatable bonds is 3. The maximum atomic E-state index is 5.90. The molecule has 94 valence electrons. The largest absolute Gasteiger partial charge is 0.383 e. The molecule has 0 spiro atoms. The molecule has 1 aromatic heterocycles. The average molecular weight is 242 g/mol. The molecule has 1 heterocycles. The Balaban J connectivity index is 2.46. The maximum Gasteiger partial charge on any atom is 0.163 e. The van der Waals surface area contributed by atoms with Crippen molar-refractivity contribution >= 4 is 11.6 Å². The van der Waals surface area contributed by atoms with Crippen LogP contribution < -0.4 is 11.1 Å². The quantitative estimate of drug-likeness (QED) is 0.868. The molecule has 0 aliphatic heterocycles. The van der Waals surface area contributed by atoms with Crippen LogP contribution in [0.2, 0.25) is 0 Å². The molecular weight excluding hydrogens is 224 g/mol. The first-order chi connectivity index (χ1) is 8.65. The molecule has 1 aromatic carbocycles. The Morgan fingerprint density at radius 1 is 1.17 bits per heavy atom. The molecule has 18 heavy (non-hydrogen) atoms. The fraction of sp³-hybridized carbons (Fsp3) is 0.286. The van der Waals surface area contributed by atoms with Crippen molar-refractivity contribution in [3.8, 4) is 11.4 Å². The fourth-order valence-corrected chi connectivity index (χ4v) is 1.80. The number of nitrogens with zero attached hydrogens (tertiary/aromatic N) is 2. The van der Waals surface area contributed by atoms with Crippen LogP contribution in [0.5, 0.6) is 0 Å². The van der Waals surface area contributed by atoms with E-state index >= 15 is 0 Å². The van der Waals surface area contributed by atoms with Crippen molar-refractivity contribution in [1.29, 1.82) is 0 Å². The lowest BCUT2D eigenvalue weighted by atomic mass is 10.1. The number of hydrogen-bond donors (Lipinski definition) is 2. The van der Waals surface area contributed by atoms with Gasteiger partial charge in [0.15, 0.2) is 5.82 Å². The number of nitrogen functional groups attached to an aromatic ring is 1. The Bertz CT molecular complexity index is 546. The minimum absolute atomic E-state index is 0.518. The molecule has 0 unspecified atom stereocenters. The molecule has 4 nitrogen and oxygen atoms in total. The number of hydrogen-bond acceptors (Lipinski definition) is 4. The topological polar surface area (TPSA) is 63.8 Å². The van der Waals surface area contributed by atoms with Gasteiger partial charge in [0.1, 0.15) is 11.6 Å². The first-order valence-electron chi connectivity index (χ1n) is 6.07. The molecular formula is C14H18N4. The molecule has 3 N–H and O–H groups in total. The van der Waals surface area contributed by atoms with Crippen molar-refractivity contribution in [3.63, 3.8) is 0 Å². The zero-order valence-corrected chi connectivity index (χ0v) is 11.0. The molecule has 0 aliphatic rings. The number of aromatic nitrogens is 2. The van der Waals surface area contributed by atoms with Crippen LogP contribution in [0.15, 0.2) is 24.3 Å². The Kier molecular flexibility index (Phi) is 3.46. The predicted octanol–water partition coefficient (Wildman–Crippen LogP) is 2.64. The van der Waals surface area contributed by atoms with Crippen LogP contribution in [0.3, 0.4) is 0 Å². The highest BCUT2D eigenvalue weighted by atomic mass is 15.0. The van der Waals surface area contributed by atoms with E-state index in [1.807, 2.05) is 26.1 Å². The highest BCUT2D eigenvalue weighted by Gasteiger charge is 2.08. The van der Waals surface area contributed by atoms with Crippen LogP contribution in [0.4, 0.5) is 11.6 Å². The maximum absolute atomic E-state index is 5.90. The van der Waals surface area contributed by atoms with Gasteiger partial charge in [-0.05, 0) is 18.9 Å². The van der Waals surface area contributed by atoms with Crippen LogP contribution in [0.1, 0.15) is 18.1 Å². The zero-order valence-electron chi connectivity index (χ0n) is 11.0. The summed E-state index contributed by atoms with van der Waals surface area (Å²) in [6, 6.07) is 8.24. The Morgan fingerprint density at radius 2 is 1.83 bits per heavy atom. The molecule has 4 heteroatoms. The zero-order chi connectivity index (χ0) is 13.1. The summed E-state index contributed by atoms with van der Waals surface area (Å²) in [6.45, 7) is 4.04. The number of aryl methyl sites for hydroxylation is 1. The Morgan fingerprint density at radius 3 is 2.39 bits per heavy atom. The summed E-state index contributed by atoms with van der Waals surface area (Å²) in [5.74, 6) is 1.95. The van der Waals surface area contributed by atoms with Gasteiger partial charge in [0, 0.05) is 18.2 Å². The van der Waals surface area contributed by atoms with Gasteiger partial charge in [0.2, 0.25) is 0 Å². The van der Waals surface area contributed by atoms with Gasteiger partial charge >= 0.3 is 0 Å². The van der Waals surface area contributed by atoms with E-state index in [-0.39, 0.29) is 0 Å². The van der Waals surface area contributed by atoms with Crippen molar-refractivity contribution < 1.29 is 0 Å². The van der Waals surface area contributed by atoms with Gasteiger partial charge in [0.05, 0.1) is 0 Å². The minimum atomic E-state index is 0.518. The van der Waals surface area contributed by atoms with E-state index in [0.717, 1.165) is 23.4 Å². The van der Waals surface area contributed by atoms with Crippen LogP contribution >= 0.6 is 0 Å². The summed E-state index contributed by atoms with van der Waals surface area (Å²) in [6.07, 6.45) is 1.03. The number of benzene rings is 1. The van der Waals surface area contributed by atoms with Crippen LogP contribution in [-0.4, -0.2) is 17.0 Å². The fourth-order valence-electron chi connectivity index (χ4n) is 1.80. The normalized spacial score (nSPS) is 10.4. The van der Waals surface area contributed by atoms with Gasteiger partial charge in [-0.15, -0.1) is 0 Å². The van der Waals surface area contributed by atoms with Crippen molar-refractivity contribution in [1.82, 2.24) is 9.97 Å². The molecule has 2 rings (SSSR count). The van der Waals surface area contributed by atoms with E-state index in [1.54, 1.807) is 0 Å². The van der Waals surface area contributed by atoms with E-state index in [2.05, 4.69) is 34.3 Å². The molecule has 0 saturated carbocycles. The summed E-state index contributed by atoms with van der Waals surface area (Å²) in [5, 5.41) is 3.04. The van der Waals surface area contributed by atoms with Gasteiger partial charge in [-0.1, -0.05) is 31.2 Å². The molecule has 0 radical (unpaired) electrons. The smallest absolute Gasteiger partial charge is 0.163 e. The molecule has 0 bridgehead atoms. The highest BCUT2D eigenvalue weighted by Crippen LogP contribution is 2.23. The monoisotopic (exact) mass is 242 g/mol. The van der Waals surface area contributed by atoms with E-state index in [9.17, 15) is 0 Å². The second kappa shape index (κ2) is 5.04. The van der Waals surface area contributed by atoms with E-state index < -0.39 is 0 Å². The Hall–Kier alpha value is -2.10. The lowest BCUT2D eigenvalue weighted by Crippen LogP contribution is -2.04. The lowest BCUT2D eigenvalue weighted by molar-refractivity contribution is 1.12. The standard InChI is InChI=1S/C14H18N4/c1-4-10-5-7-11(8-6-10)14-17-12(15)9(2)13(16-3)18-14/h5-8H,4H2,1-3H3,(H3,15,16,17,18). The van der Waals surface area contributed by atoms with Crippen molar-refractivity contribution in [2.75, 3.05) is 18.1 Å². The van der Waals surface area contributed by atoms with Crippen LogP contribution in [-0.2, 0) is 6.42 Å². The SMILES string of the molecule is CCc1ccc(-c2nc(N)c(C)c(NC)n2)cc1. The van der Waals surface area contributed by atoms with Crippen molar-refractivity contribution in [2.24, 2.45) is 0 Å². The minimum Gasteiger partial charge on any atom is -0.383 e. The van der Waals surface area contributed by atoms with Gasteiger partial charge in [-0.2, -0.15) is 0 Å². The van der Waals surface area contributed by atoms with Gasteiger partial charge in [-0.25, -0.2) is 9.97 Å². The average Bonchev–Trinajstić information content (AvgIpc) is 2.42. The van der Waals surface area contributed by atoms with E-state index in [0.29, 0.717) is 11.6 Å². The first kappa shape index (κ1) is 12.4. The number of anilines is 2. The summed E-state index contributed by atoms with van der Waals surface area (Å²) >= 11 is 0. The summed E-state index contributed by atoms with van der Waals surface area (Å²) in [7, 11) is 1.83. The lowest BCUT2D eigenvalue weighted by Gasteiger charge is -2.09. The van der Waals surface area contributed by atoms with Crippen LogP contribution in [0, 0.1) is 6.92 Å². The third kappa shape index (κ3) is 2.27. The number of nitrogens with one attached hydrogen (secondary N) is 1. The summed E-state index contributed by atoms with van der Waals surface area (Å²) in [5.41, 5.74) is 9.06. The molecule has 0 fully saturated rings. The molecule has 2 aromatic rings. The van der Waals surface area contributed by atoms with Crippen molar-refractivity contribution in [3.05, 3.63) is 35.4 Å². The molecule has 0 saturated heterocycles. The third-order valence-corrected chi connectivity index (χ3v) is 3.04. The highest BCUT2D eigenvalue weighted by molar-refractivity contribution is 5.64. The third-order valence-electron chi connectivity index (χ3n) is 3.04. The molecule has 0 aliphatic carbocycles. The number of nitrogens with two attached hydrogens (primary N) is 1. The van der Waals surface area contributed by atoms with E-state index in [1.165, 1.54) is 5.56 Å². The van der Waals surface area contributed by atoms with Crippen molar-refractivity contribution in [2.45, 2.75) is 20.3 Å². The summed E-state index contributed by atoms with van der Waals surface area (Å²) < 4.78 is 0. The second-order valence-electron chi connectivity index (χ2n) is 4.21. The summed E-state index contributed by atoms with van der Waals surface area (Å²) in [4.78, 5) is 8.81. The van der Waals surface area contributed by atoms with E-state index in [4.69, 9.17) is 5.73 Å². The Labute approximate surface area is 107 Å². The molecule has 0 atom stereocenters. The van der Waals surface area contributed by atoms with Gasteiger partial charge in [0.25, 0.3) is 0 Å². The predicted molar refractivity (Wildman–Crippen MR) is 75.5 cm³/mol. The van der Waals surface area contributed by atoms with Gasteiger partial charge in [-0.3, -0.25) is 0 Å². The van der Waals surface area contributed by atoms with Gasteiger partial charge < -0.3 is 11.1 Å².